The third-order valence-electron chi connectivity index (χ3n) is 4.84. The summed E-state index contributed by atoms with van der Waals surface area (Å²) >= 11 is 6.08. The van der Waals surface area contributed by atoms with Crippen LogP contribution in [0.2, 0.25) is 5.02 Å². The van der Waals surface area contributed by atoms with Crippen LogP contribution in [0.25, 0.3) is 11.4 Å². The van der Waals surface area contributed by atoms with Crippen molar-refractivity contribution >= 4 is 29.2 Å². The third kappa shape index (κ3) is 3.59. The van der Waals surface area contributed by atoms with Gasteiger partial charge in [0.25, 0.3) is 11.6 Å². The molecule has 1 aliphatic rings. The molecule has 31 heavy (non-hydrogen) atoms. The maximum atomic E-state index is 13.4. The van der Waals surface area contributed by atoms with Gasteiger partial charge in [-0.15, -0.1) is 0 Å². The number of non-ortho nitro benzene ring substituents is 1. The van der Waals surface area contributed by atoms with Crippen molar-refractivity contribution in [3.05, 3.63) is 74.9 Å². The fourth-order valence-corrected chi connectivity index (χ4v) is 3.58. The Labute approximate surface area is 178 Å². The lowest BCUT2D eigenvalue weighted by atomic mass is 9.92. The second kappa shape index (κ2) is 7.43. The van der Waals surface area contributed by atoms with Crippen molar-refractivity contribution in [1.82, 2.24) is 20.4 Å². The molecule has 0 saturated carbocycles. The molecule has 1 fully saturated rings. The van der Waals surface area contributed by atoms with Crippen molar-refractivity contribution in [2.75, 3.05) is 0 Å². The van der Waals surface area contributed by atoms with Gasteiger partial charge in [0.1, 0.15) is 17.9 Å². The Hall–Kier alpha value is -3.86. The molecule has 1 aliphatic heterocycles. The fourth-order valence-electron chi connectivity index (χ4n) is 3.22. The van der Waals surface area contributed by atoms with Crippen molar-refractivity contribution < 1.29 is 23.4 Å². The topological polar surface area (TPSA) is 131 Å². The second-order valence-corrected chi connectivity index (χ2v) is 7.29. The van der Waals surface area contributed by atoms with Crippen molar-refractivity contribution in [3.63, 3.8) is 0 Å². The molecule has 158 valence electrons. The van der Waals surface area contributed by atoms with E-state index in [0.717, 1.165) is 17.0 Å². The molecular formula is C19H13ClFN5O5. The smallest absolute Gasteiger partial charge is 0.325 e. The number of benzene rings is 2. The Morgan fingerprint density at radius 1 is 1.26 bits per heavy atom. The molecule has 10 nitrogen and oxygen atoms in total. The van der Waals surface area contributed by atoms with Gasteiger partial charge in [-0.1, -0.05) is 22.8 Å². The van der Waals surface area contributed by atoms with Crippen LogP contribution in [0.3, 0.4) is 0 Å². The summed E-state index contributed by atoms with van der Waals surface area (Å²) in [6, 6.07) is 8.31. The summed E-state index contributed by atoms with van der Waals surface area (Å²) in [6.45, 7) is 1.15. The van der Waals surface area contributed by atoms with Gasteiger partial charge in [0.2, 0.25) is 11.7 Å². The Balaban J connectivity index is 1.55. The minimum Gasteiger partial charge on any atom is -0.337 e. The molecule has 12 heteroatoms. The van der Waals surface area contributed by atoms with Crippen LogP contribution in [-0.2, 0) is 16.9 Å². The molecule has 0 radical (unpaired) electrons. The number of rotatable bonds is 5. The number of imide groups is 1. The van der Waals surface area contributed by atoms with E-state index in [1.54, 1.807) is 0 Å². The van der Waals surface area contributed by atoms with Crippen LogP contribution in [0.5, 0.6) is 0 Å². The zero-order valence-corrected chi connectivity index (χ0v) is 16.6. The molecule has 1 atom stereocenters. The molecule has 2 aromatic carbocycles. The molecule has 4 rings (SSSR count). The standard InChI is InChI=1S/C19H13ClFN5O5/c1-19(13-7-4-11(21)8-14(13)20)17(27)25(18(28)23-19)9-15-22-16(24-31-15)10-2-5-12(6-3-10)26(29)30/h2-8H,9H2,1H3,(H,23,28). The maximum Gasteiger partial charge on any atom is 0.325 e. The fraction of sp³-hybridized carbons (Fsp3) is 0.158. The van der Waals surface area contributed by atoms with Crippen molar-refractivity contribution in [2.24, 2.45) is 0 Å². The van der Waals surface area contributed by atoms with E-state index in [9.17, 15) is 24.1 Å². The lowest BCUT2D eigenvalue weighted by Crippen LogP contribution is -2.41. The number of carbonyl (C=O) groups excluding carboxylic acids is 2. The Morgan fingerprint density at radius 2 is 1.97 bits per heavy atom. The molecule has 2 heterocycles. The Morgan fingerprint density at radius 3 is 2.61 bits per heavy atom. The van der Waals surface area contributed by atoms with Gasteiger partial charge in [0, 0.05) is 28.3 Å². The number of halogens is 2. The van der Waals surface area contributed by atoms with E-state index >= 15 is 0 Å². The van der Waals surface area contributed by atoms with Crippen molar-refractivity contribution in [2.45, 2.75) is 19.0 Å². The van der Waals surface area contributed by atoms with Gasteiger partial charge in [-0.25, -0.2) is 9.18 Å². The molecule has 0 spiro atoms. The number of carbonyl (C=O) groups is 2. The van der Waals surface area contributed by atoms with Crippen LogP contribution in [0.4, 0.5) is 14.9 Å². The van der Waals surface area contributed by atoms with Gasteiger partial charge in [-0.2, -0.15) is 4.98 Å². The zero-order chi connectivity index (χ0) is 22.3. The normalized spacial score (nSPS) is 18.4. The molecule has 1 aromatic heterocycles. The van der Waals surface area contributed by atoms with Crippen LogP contribution in [0.1, 0.15) is 18.4 Å². The van der Waals surface area contributed by atoms with Crippen LogP contribution in [-0.4, -0.2) is 31.9 Å². The zero-order valence-electron chi connectivity index (χ0n) is 15.8. The van der Waals surface area contributed by atoms with E-state index < -0.39 is 28.2 Å². The van der Waals surface area contributed by atoms with Crippen molar-refractivity contribution in [1.29, 1.82) is 0 Å². The first-order chi connectivity index (χ1) is 14.7. The van der Waals surface area contributed by atoms with Gasteiger partial charge in [0.05, 0.1) is 4.92 Å². The van der Waals surface area contributed by atoms with E-state index in [-0.39, 0.29) is 34.5 Å². The minimum absolute atomic E-state index is 0.00347. The predicted octanol–water partition coefficient (Wildman–Crippen LogP) is 3.40. The van der Waals surface area contributed by atoms with Crippen LogP contribution in [0, 0.1) is 15.9 Å². The SMILES string of the molecule is CC1(c2ccc(F)cc2Cl)NC(=O)N(Cc2nc(-c3ccc([N+](=O)[O-])cc3)no2)C1=O. The van der Waals surface area contributed by atoms with E-state index in [1.807, 2.05) is 0 Å². The average molecular weight is 446 g/mol. The second-order valence-electron chi connectivity index (χ2n) is 6.89. The van der Waals surface area contributed by atoms with E-state index in [4.69, 9.17) is 16.1 Å². The molecule has 0 bridgehead atoms. The number of amides is 3. The predicted molar refractivity (Wildman–Crippen MR) is 104 cm³/mol. The number of hydrogen-bond donors (Lipinski definition) is 1. The lowest BCUT2D eigenvalue weighted by molar-refractivity contribution is -0.384. The lowest BCUT2D eigenvalue weighted by Gasteiger charge is -2.23. The first-order valence-corrected chi connectivity index (χ1v) is 9.24. The summed E-state index contributed by atoms with van der Waals surface area (Å²) in [5.41, 5.74) is -0.886. The third-order valence-corrected chi connectivity index (χ3v) is 5.16. The number of aromatic nitrogens is 2. The van der Waals surface area contributed by atoms with Gasteiger partial charge in [0.15, 0.2) is 0 Å². The highest BCUT2D eigenvalue weighted by Crippen LogP contribution is 2.34. The number of urea groups is 1. The molecule has 1 saturated heterocycles. The molecule has 3 aromatic rings. The highest BCUT2D eigenvalue weighted by Gasteiger charge is 2.50. The van der Waals surface area contributed by atoms with Gasteiger partial charge in [-0.05, 0) is 31.2 Å². The quantitative estimate of drug-likeness (QED) is 0.361. The van der Waals surface area contributed by atoms with Gasteiger partial charge < -0.3 is 9.84 Å². The average Bonchev–Trinajstić information content (AvgIpc) is 3.27. The number of nitrogens with zero attached hydrogens (tertiary/aromatic N) is 4. The number of nitro benzene ring substituents is 1. The highest BCUT2D eigenvalue weighted by molar-refractivity contribution is 6.32. The monoisotopic (exact) mass is 445 g/mol. The van der Waals surface area contributed by atoms with Crippen LogP contribution >= 0.6 is 11.6 Å². The van der Waals surface area contributed by atoms with Crippen LogP contribution in [0.15, 0.2) is 47.0 Å². The summed E-state index contributed by atoms with van der Waals surface area (Å²) in [4.78, 5) is 40.7. The molecule has 3 amide bonds. The molecule has 1 N–H and O–H groups in total. The highest BCUT2D eigenvalue weighted by atomic mass is 35.5. The summed E-state index contributed by atoms with van der Waals surface area (Å²) in [7, 11) is 0. The Bertz CT molecular complexity index is 1210. The summed E-state index contributed by atoms with van der Waals surface area (Å²) in [5.74, 6) is -1.08. The van der Waals surface area contributed by atoms with Gasteiger partial charge >= 0.3 is 6.03 Å². The number of nitrogens with one attached hydrogen (secondary N) is 1. The summed E-state index contributed by atoms with van der Waals surface area (Å²) in [5, 5.41) is 17.1. The summed E-state index contributed by atoms with van der Waals surface area (Å²) < 4.78 is 18.5. The number of nitro groups is 1. The first-order valence-electron chi connectivity index (χ1n) is 8.86. The molecular weight excluding hydrogens is 433 g/mol. The summed E-state index contributed by atoms with van der Waals surface area (Å²) in [6.07, 6.45) is 0. The number of hydrogen-bond acceptors (Lipinski definition) is 7. The first kappa shape index (κ1) is 20.4. The van der Waals surface area contributed by atoms with Crippen molar-refractivity contribution in [3.8, 4) is 11.4 Å². The van der Waals surface area contributed by atoms with E-state index in [0.29, 0.717) is 5.56 Å². The van der Waals surface area contributed by atoms with Crippen LogP contribution < -0.4 is 5.32 Å². The largest absolute Gasteiger partial charge is 0.337 e. The van der Waals surface area contributed by atoms with E-state index in [1.165, 1.54) is 37.3 Å². The molecule has 1 unspecified atom stereocenters. The minimum atomic E-state index is -1.50. The van der Waals surface area contributed by atoms with Gasteiger partial charge in [-0.3, -0.25) is 19.8 Å². The Kier molecular flexibility index (Phi) is 4.90. The maximum absolute atomic E-state index is 13.4. The van der Waals surface area contributed by atoms with E-state index in [2.05, 4.69) is 15.5 Å². The molecule has 0 aliphatic carbocycles.